The Labute approximate surface area is 164 Å². The largest absolute Gasteiger partial charge is 0.339 e. The maximum absolute atomic E-state index is 13.0. The number of piperidine rings is 1. The number of carbonyl (C=O) groups is 2. The highest BCUT2D eigenvalue weighted by atomic mass is 16.2. The van der Waals surface area contributed by atoms with Crippen molar-refractivity contribution in [3.8, 4) is 0 Å². The Morgan fingerprint density at radius 3 is 2.68 bits per heavy atom. The van der Waals surface area contributed by atoms with Gasteiger partial charge in [0.15, 0.2) is 0 Å². The first-order chi connectivity index (χ1) is 13.5. The molecule has 0 radical (unpaired) electrons. The number of hydrogen-bond donors (Lipinski definition) is 1. The van der Waals surface area contributed by atoms with Gasteiger partial charge in [-0.15, -0.1) is 10.2 Å². The van der Waals surface area contributed by atoms with Crippen LogP contribution in [0, 0.1) is 12.8 Å². The van der Waals surface area contributed by atoms with Gasteiger partial charge in [0, 0.05) is 50.9 Å². The Balaban J connectivity index is 1.41. The minimum atomic E-state index is -0.0997. The highest BCUT2D eigenvalue weighted by molar-refractivity contribution is 5.99. The van der Waals surface area contributed by atoms with Gasteiger partial charge >= 0.3 is 6.03 Å². The molecule has 0 bridgehead atoms. The van der Waals surface area contributed by atoms with Crippen LogP contribution < -0.4 is 10.2 Å². The quantitative estimate of drug-likeness (QED) is 0.873. The van der Waals surface area contributed by atoms with E-state index < -0.39 is 0 Å². The third-order valence-electron chi connectivity index (χ3n) is 5.78. The molecule has 28 heavy (non-hydrogen) atoms. The summed E-state index contributed by atoms with van der Waals surface area (Å²) in [6, 6.07) is 5.54. The van der Waals surface area contributed by atoms with E-state index in [0.717, 1.165) is 49.4 Å². The van der Waals surface area contributed by atoms with Crippen LogP contribution in [-0.4, -0.2) is 57.8 Å². The average molecular weight is 382 g/mol. The minimum Gasteiger partial charge on any atom is -0.339 e. The zero-order valence-electron chi connectivity index (χ0n) is 16.4. The molecule has 2 aliphatic heterocycles. The molecular weight excluding hydrogens is 356 g/mol. The number of nitrogens with zero attached hydrogens (tertiary/aromatic N) is 5. The topological polar surface area (TPSA) is 83.4 Å². The molecule has 0 spiro atoms. The summed E-state index contributed by atoms with van der Waals surface area (Å²) in [5.74, 6) is 1.56. The average Bonchev–Trinajstić information content (AvgIpc) is 3.30. The third kappa shape index (κ3) is 3.58. The number of anilines is 1. The van der Waals surface area contributed by atoms with Crippen molar-refractivity contribution in [3.05, 3.63) is 41.5 Å². The van der Waals surface area contributed by atoms with E-state index in [1.165, 1.54) is 0 Å². The second kappa shape index (κ2) is 7.61. The number of likely N-dealkylation sites (tertiary alicyclic amines) is 1. The zero-order chi connectivity index (χ0) is 19.7. The minimum absolute atomic E-state index is 0.0398. The molecule has 2 fully saturated rings. The Kier molecular flexibility index (Phi) is 5.02. The van der Waals surface area contributed by atoms with Crippen LogP contribution in [-0.2, 0) is 13.5 Å². The SMILES string of the molecule is Cc1ccc(C(=O)N2CCC(Cc3nncn3C)CC2)cc1N1CCNC1=O. The smallest absolute Gasteiger partial charge is 0.322 e. The molecule has 2 saturated heterocycles. The maximum Gasteiger partial charge on any atom is 0.322 e. The van der Waals surface area contributed by atoms with Crippen LogP contribution >= 0.6 is 0 Å². The van der Waals surface area contributed by atoms with Crippen molar-refractivity contribution >= 4 is 17.6 Å². The van der Waals surface area contributed by atoms with E-state index in [2.05, 4.69) is 15.5 Å². The molecule has 0 unspecified atom stereocenters. The van der Waals surface area contributed by atoms with Crippen LogP contribution in [0.4, 0.5) is 10.5 Å². The standard InChI is InChI=1S/C20H26N6O2/c1-14-3-4-16(12-17(14)26-10-7-21-20(26)28)19(27)25-8-5-15(6-9-25)11-18-23-22-13-24(18)2/h3-4,12-13,15H,5-11H2,1-2H3,(H,21,28). The number of carbonyl (C=O) groups excluding carboxylic acids is 2. The molecule has 148 valence electrons. The fraction of sp³-hybridized carbons (Fsp3) is 0.500. The Bertz CT molecular complexity index is 885. The van der Waals surface area contributed by atoms with Gasteiger partial charge < -0.3 is 14.8 Å². The maximum atomic E-state index is 13.0. The lowest BCUT2D eigenvalue weighted by Crippen LogP contribution is -2.39. The first kappa shape index (κ1) is 18.5. The molecule has 0 atom stereocenters. The molecule has 3 amide bonds. The van der Waals surface area contributed by atoms with E-state index in [9.17, 15) is 9.59 Å². The molecule has 4 rings (SSSR count). The lowest BCUT2D eigenvalue weighted by Gasteiger charge is -2.32. The van der Waals surface area contributed by atoms with Crippen molar-refractivity contribution in [2.75, 3.05) is 31.1 Å². The normalized spacial score (nSPS) is 17.9. The van der Waals surface area contributed by atoms with Gasteiger partial charge in [0.25, 0.3) is 5.91 Å². The van der Waals surface area contributed by atoms with E-state index in [4.69, 9.17) is 0 Å². The molecule has 1 aromatic carbocycles. The van der Waals surface area contributed by atoms with Crippen LogP contribution in [0.3, 0.4) is 0 Å². The van der Waals surface area contributed by atoms with Gasteiger partial charge in [-0.3, -0.25) is 9.69 Å². The van der Waals surface area contributed by atoms with Crippen LogP contribution in [0.15, 0.2) is 24.5 Å². The number of nitrogens with one attached hydrogen (secondary N) is 1. The molecule has 1 N–H and O–H groups in total. The molecule has 0 aliphatic carbocycles. The number of benzene rings is 1. The van der Waals surface area contributed by atoms with Crippen molar-refractivity contribution in [1.29, 1.82) is 0 Å². The van der Waals surface area contributed by atoms with Gasteiger partial charge in [0.2, 0.25) is 0 Å². The van der Waals surface area contributed by atoms with Gasteiger partial charge in [-0.2, -0.15) is 0 Å². The predicted molar refractivity (Wildman–Crippen MR) is 105 cm³/mol. The molecule has 3 heterocycles. The monoisotopic (exact) mass is 382 g/mol. The summed E-state index contributed by atoms with van der Waals surface area (Å²) >= 11 is 0. The molecule has 1 aromatic heterocycles. The second-order valence-corrected chi connectivity index (χ2v) is 7.68. The molecule has 8 nitrogen and oxygen atoms in total. The summed E-state index contributed by atoms with van der Waals surface area (Å²) < 4.78 is 1.96. The van der Waals surface area contributed by atoms with E-state index >= 15 is 0 Å². The van der Waals surface area contributed by atoms with Gasteiger partial charge in [0.1, 0.15) is 12.2 Å². The number of aryl methyl sites for hydroxylation is 2. The first-order valence-corrected chi connectivity index (χ1v) is 9.81. The Morgan fingerprint density at radius 2 is 2.04 bits per heavy atom. The van der Waals surface area contributed by atoms with Crippen LogP contribution in [0.1, 0.15) is 34.6 Å². The number of rotatable bonds is 4. The lowest BCUT2D eigenvalue weighted by molar-refractivity contribution is 0.0689. The molecule has 2 aliphatic rings. The van der Waals surface area contributed by atoms with E-state index in [1.54, 1.807) is 11.2 Å². The highest BCUT2D eigenvalue weighted by Crippen LogP contribution is 2.26. The van der Waals surface area contributed by atoms with Crippen molar-refractivity contribution in [3.63, 3.8) is 0 Å². The molecule has 2 aromatic rings. The van der Waals surface area contributed by atoms with Gasteiger partial charge in [0.05, 0.1) is 0 Å². The van der Waals surface area contributed by atoms with Crippen molar-refractivity contribution in [1.82, 2.24) is 25.0 Å². The number of amides is 3. The van der Waals surface area contributed by atoms with Crippen molar-refractivity contribution in [2.45, 2.75) is 26.2 Å². The number of aromatic nitrogens is 3. The van der Waals surface area contributed by atoms with Gasteiger partial charge in [-0.25, -0.2) is 4.79 Å². The van der Waals surface area contributed by atoms with E-state index in [1.807, 2.05) is 41.6 Å². The zero-order valence-corrected chi connectivity index (χ0v) is 16.4. The van der Waals surface area contributed by atoms with Gasteiger partial charge in [-0.05, 0) is 43.4 Å². The summed E-state index contributed by atoms with van der Waals surface area (Å²) in [4.78, 5) is 28.7. The summed E-state index contributed by atoms with van der Waals surface area (Å²) in [5.41, 5.74) is 2.46. The lowest BCUT2D eigenvalue weighted by atomic mass is 9.92. The molecule has 8 heteroatoms. The van der Waals surface area contributed by atoms with Crippen LogP contribution in [0.5, 0.6) is 0 Å². The summed E-state index contributed by atoms with van der Waals surface area (Å²) in [5, 5.41) is 10.9. The fourth-order valence-corrected chi connectivity index (χ4v) is 4.01. The molecular formula is C20H26N6O2. The second-order valence-electron chi connectivity index (χ2n) is 7.68. The van der Waals surface area contributed by atoms with Crippen LogP contribution in [0.2, 0.25) is 0 Å². The van der Waals surface area contributed by atoms with E-state index in [0.29, 0.717) is 24.6 Å². The highest BCUT2D eigenvalue weighted by Gasteiger charge is 2.27. The predicted octanol–water partition coefficient (Wildman–Crippen LogP) is 1.75. The summed E-state index contributed by atoms with van der Waals surface area (Å²) in [7, 11) is 1.96. The Morgan fingerprint density at radius 1 is 1.25 bits per heavy atom. The van der Waals surface area contributed by atoms with Crippen molar-refractivity contribution < 1.29 is 9.59 Å². The van der Waals surface area contributed by atoms with E-state index in [-0.39, 0.29) is 11.9 Å². The van der Waals surface area contributed by atoms with Gasteiger partial charge in [-0.1, -0.05) is 6.07 Å². The molecule has 0 saturated carbocycles. The first-order valence-electron chi connectivity index (χ1n) is 9.81. The number of hydrogen-bond acceptors (Lipinski definition) is 4. The van der Waals surface area contributed by atoms with Crippen LogP contribution in [0.25, 0.3) is 0 Å². The van der Waals surface area contributed by atoms with Crippen molar-refractivity contribution in [2.24, 2.45) is 13.0 Å². The third-order valence-corrected chi connectivity index (χ3v) is 5.78. The summed E-state index contributed by atoms with van der Waals surface area (Å²) in [6.45, 7) is 4.72. The fourth-order valence-electron chi connectivity index (χ4n) is 4.01. The number of urea groups is 1. The Hall–Kier alpha value is -2.90. The summed E-state index contributed by atoms with van der Waals surface area (Å²) in [6.07, 6.45) is 4.55.